The van der Waals surface area contributed by atoms with Crippen LogP contribution >= 0.6 is 23.1 Å². The summed E-state index contributed by atoms with van der Waals surface area (Å²) >= 11 is 3.16. The molecule has 26 heavy (non-hydrogen) atoms. The average molecular weight is 412 g/mol. The van der Waals surface area contributed by atoms with E-state index in [2.05, 4.69) is 22.2 Å². The summed E-state index contributed by atoms with van der Waals surface area (Å²) in [5, 5.41) is 4.80. The molecule has 0 aromatic carbocycles. The summed E-state index contributed by atoms with van der Waals surface area (Å²) in [6, 6.07) is -0.256. The number of carbonyl (C=O) groups excluding carboxylic acids is 1. The van der Waals surface area contributed by atoms with E-state index in [4.69, 9.17) is 0 Å². The Morgan fingerprint density at radius 1 is 1.38 bits per heavy atom. The lowest BCUT2D eigenvalue weighted by atomic mass is 9.89. The quantitative estimate of drug-likeness (QED) is 0.613. The van der Waals surface area contributed by atoms with Crippen LogP contribution in [0.2, 0.25) is 0 Å². The van der Waals surface area contributed by atoms with Crippen LogP contribution in [0.25, 0.3) is 10.2 Å². The zero-order chi connectivity index (χ0) is 18.3. The van der Waals surface area contributed by atoms with E-state index in [0.717, 1.165) is 28.1 Å². The number of nitrogens with one attached hydrogen (secondary N) is 1. The van der Waals surface area contributed by atoms with Gasteiger partial charge in [-0.2, -0.15) is 0 Å². The van der Waals surface area contributed by atoms with Crippen molar-refractivity contribution in [2.75, 3.05) is 17.3 Å². The van der Waals surface area contributed by atoms with Crippen molar-refractivity contribution in [2.45, 2.75) is 43.7 Å². The number of thiophene rings is 1. The lowest BCUT2D eigenvalue weighted by Gasteiger charge is -2.18. The van der Waals surface area contributed by atoms with Crippen molar-refractivity contribution in [1.82, 2.24) is 15.3 Å². The highest BCUT2D eigenvalue weighted by Gasteiger charge is 2.29. The van der Waals surface area contributed by atoms with Gasteiger partial charge in [-0.3, -0.25) is 4.79 Å². The molecule has 0 saturated carbocycles. The van der Waals surface area contributed by atoms with Crippen LogP contribution in [-0.2, 0) is 27.5 Å². The van der Waals surface area contributed by atoms with Gasteiger partial charge in [-0.15, -0.1) is 11.3 Å². The molecular weight excluding hydrogens is 390 g/mol. The van der Waals surface area contributed by atoms with E-state index >= 15 is 0 Å². The summed E-state index contributed by atoms with van der Waals surface area (Å²) in [6.07, 6.45) is 5.39. The summed E-state index contributed by atoms with van der Waals surface area (Å²) in [7, 11) is -2.99. The fraction of sp³-hybridized carbons (Fsp3) is 0.588. The van der Waals surface area contributed by atoms with Gasteiger partial charge in [-0.1, -0.05) is 18.7 Å². The maximum atomic E-state index is 12.2. The average Bonchev–Trinajstić information content (AvgIpc) is 3.11. The van der Waals surface area contributed by atoms with Crippen LogP contribution in [0.5, 0.6) is 0 Å². The molecule has 9 heteroatoms. The summed E-state index contributed by atoms with van der Waals surface area (Å²) in [4.78, 5) is 23.5. The maximum Gasteiger partial charge on any atom is 0.230 e. The molecule has 2 aromatic heterocycles. The van der Waals surface area contributed by atoms with Crippen molar-refractivity contribution in [3.8, 4) is 0 Å². The highest BCUT2D eigenvalue weighted by Crippen LogP contribution is 2.40. The molecule has 2 aliphatic rings. The van der Waals surface area contributed by atoms with Crippen molar-refractivity contribution in [3.63, 3.8) is 0 Å². The molecule has 140 valence electrons. The van der Waals surface area contributed by atoms with E-state index in [9.17, 15) is 13.2 Å². The third-order valence-electron chi connectivity index (χ3n) is 4.99. The minimum atomic E-state index is -2.99. The second kappa shape index (κ2) is 7.09. The highest BCUT2D eigenvalue weighted by molar-refractivity contribution is 8.00. The van der Waals surface area contributed by atoms with Gasteiger partial charge in [0, 0.05) is 16.3 Å². The molecule has 0 bridgehead atoms. The second-order valence-corrected chi connectivity index (χ2v) is 11.4. The van der Waals surface area contributed by atoms with Gasteiger partial charge < -0.3 is 5.32 Å². The Morgan fingerprint density at radius 3 is 3.00 bits per heavy atom. The van der Waals surface area contributed by atoms with Crippen LogP contribution in [-0.4, -0.2) is 47.6 Å². The van der Waals surface area contributed by atoms with E-state index < -0.39 is 9.84 Å². The maximum absolute atomic E-state index is 12.2. The number of fused-ring (bicyclic) bond motifs is 3. The fourth-order valence-electron chi connectivity index (χ4n) is 3.67. The Labute approximate surface area is 161 Å². The number of amides is 1. The van der Waals surface area contributed by atoms with E-state index in [0.29, 0.717) is 12.3 Å². The molecule has 1 saturated heterocycles. The SMILES string of the molecule is C[C@@H]1CCc2c(sc3ncnc(SCC(=O)N[C@H]4CCS(=O)(=O)C4)c23)C1. The first kappa shape index (κ1) is 18.2. The smallest absolute Gasteiger partial charge is 0.230 e. The molecule has 0 spiro atoms. The number of carbonyl (C=O) groups is 1. The van der Waals surface area contributed by atoms with Gasteiger partial charge in [0.05, 0.1) is 17.3 Å². The molecule has 0 radical (unpaired) electrons. The van der Waals surface area contributed by atoms with Gasteiger partial charge in [0.2, 0.25) is 5.91 Å². The van der Waals surface area contributed by atoms with Crippen LogP contribution in [0.15, 0.2) is 11.4 Å². The van der Waals surface area contributed by atoms with Crippen LogP contribution in [0.3, 0.4) is 0 Å². The number of hydrogen-bond donors (Lipinski definition) is 1. The first-order chi connectivity index (χ1) is 12.4. The Kier molecular flexibility index (Phi) is 4.96. The van der Waals surface area contributed by atoms with Crippen LogP contribution in [0, 0.1) is 5.92 Å². The molecule has 2 aromatic rings. The molecule has 0 unspecified atom stereocenters. The highest BCUT2D eigenvalue weighted by atomic mass is 32.2. The minimum absolute atomic E-state index is 0.0530. The molecule has 1 fully saturated rings. The number of hydrogen-bond acceptors (Lipinski definition) is 7. The Hall–Kier alpha value is -1.19. The molecule has 1 aliphatic carbocycles. The summed E-state index contributed by atoms with van der Waals surface area (Å²) in [6.45, 7) is 2.28. The lowest BCUT2D eigenvalue weighted by Crippen LogP contribution is -2.36. The predicted molar refractivity (Wildman–Crippen MR) is 105 cm³/mol. The van der Waals surface area contributed by atoms with E-state index in [-0.39, 0.29) is 29.2 Å². The fourth-order valence-corrected chi connectivity index (χ4v) is 7.59. The first-order valence-corrected chi connectivity index (χ1v) is 12.4. The monoisotopic (exact) mass is 411 g/mol. The largest absolute Gasteiger partial charge is 0.352 e. The molecule has 6 nitrogen and oxygen atoms in total. The molecule has 1 N–H and O–H groups in total. The normalized spacial score (nSPS) is 24.5. The summed E-state index contributed by atoms with van der Waals surface area (Å²) in [5.41, 5.74) is 1.36. The van der Waals surface area contributed by atoms with Gasteiger partial charge in [-0.05, 0) is 37.2 Å². The number of aryl methyl sites for hydroxylation is 1. The van der Waals surface area contributed by atoms with Gasteiger partial charge in [0.15, 0.2) is 9.84 Å². The van der Waals surface area contributed by atoms with Gasteiger partial charge in [0.1, 0.15) is 16.2 Å². The molecule has 4 rings (SSSR count). The topological polar surface area (TPSA) is 89.0 Å². The Balaban J connectivity index is 1.47. The second-order valence-electron chi connectivity index (χ2n) is 7.17. The van der Waals surface area contributed by atoms with Crippen molar-refractivity contribution in [3.05, 3.63) is 16.8 Å². The predicted octanol–water partition coefficient (Wildman–Crippen LogP) is 2.21. The van der Waals surface area contributed by atoms with Gasteiger partial charge in [0.25, 0.3) is 0 Å². The zero-order valence-corrected chi connectivity index (χ0v) is 17.0. The molecule has 1 aliphatic heterocycles. The van der Waals surface area contributed by atoms with Crippen molar-refractivity contribution in [1.29, 1.82) is 0 Å². The standard InChI is InChI=1S/C17H21N3O3S3/c1-10-2-3-12-13(6-10)25-17-15(12)16(18-9-19-17)24-7-14(21)20-11-4-5-26(22,23)8-11/h9-11H,2-8H2,1H3,(H,20,21)/t10-,11+/m1/s1. The van der Waals surface area contributed by atoms with E-state index in [1.807, 2.05) is 0 Å². The number of sulfone groups is 1. The summed E-state index contributed by atoms with van der Waals surface area (Å²) in [5.74, 6) is 1.02. The third-order valence-corrected chi connectivity index (χ3v) is 8.91. The Bertz CT molecular complexity index is 955. The Morgan fingerprint density at radius 2 is 2.23 bits per heavy atom. The van der Waals surface area contributed by atoms with Crippen molar-refractivity contribution in [2.24, 2.45) is 5.92 Å². The number of aromatic nitrogens is 2. The summed E-state index contributed by atoms with van der Waals surface area (Å²) < 4.78 is 23.0. The molecular formula is C17H21N3O3S3. The molecule has 1 amide bonds. The van der Waals surface area contributed by atoms with Gasteiger partial charge >= 0.3 is 0 Å². The van der Waals surface area contributed by atoms with Crippen LogP contribution in [0.4, 0.5) is 0 Å². The lowest BCUT2D eigenvalue weighted by molar-refractivity contribution is -0.119. The van der Waals surface area contributed by atoms with Crippen molar-refractivity contribution < 1.29 is 13.2 Å². The van der Waals surface area contributed by atoms with Crippen LogP contribution < -0.4 is 5.32 Å². The van der Waals surface area contributed by atoms with Crippen LogP contribution in [0.1, 0.15) is 30.2 Å². The number of thioether (sulfide) groups is 1. The third kappa shape index (κ3) is 3.75. The minimum Gasteiger partial charge on any atom is -0.352 e. The van der Waals surface area contributed by atoms with Crippen molar-refractivity contribution >= 4 is 49.1 Å². The van der Waals surface area contributed by atoms with E-state index in [1.54, 1.807) is 17.7 Å². The number of nitrogens with zero attached hydrogens (tertiary/aromatic N) is 2. The molecule has 2 atom stereocenters. The van der Waals surface area contributed by atoms with E-state index in [1.165, 1.54) is 28.6 Å². The molecule has 3 heterocycles. The van der Waals surface area contributed by atoms with Gasteiger partial charge in [-0.25, -0.2) is 18.4 Å². The first-order valence-electron chi connectivity index (χ1n) is 8.79. The number of rotatable bonds is 4. The zero-order valence-electron chi connectivity index (χ0n) is 14.5.